The number of aryl methyl sites for hydroxylation is 2. The van der Waals surface area contributed by atoms with E-state index in [0.29, 0.717) is 11.3 Å². The topological polar surface area (TPSA) is 58.6 Å². The number of ether oxygens (including phenoxy) is 1. The Labute approximate surface area is 129 Å². The molecule has 0 unspecified atom stereocenters. The lowest BCUT2D eigenvalue weighted by Crippen LogP contribution is -2.12. The molecule has 1 aliphatic carbocycles. The second-order valence-electron chi connectivity index (χ2n) is 5.39. The van der Waals surface area contributed by atoms with Gasteiger partial charge in [-0.3, -0.25) is 4.79 Å². The van der Waals surface area contributed by atoms with Gasteiger partial charge in [0.15, 0.2) is 0 Å². The number of carbonyl (C=O) groups excluding carboxylic acids is 1. The molecule has 2 N–H and O–H groups in total. The van der Waals surface area contributed by atoms with Crippen LogP contribution in [0.2, 0.25) is 0 Å². The molecule has 1 aliphatic rings. The molecule has 1 amide bonds. The molecular weight excluding hydrogens is 278 g/mol. The summed E-state index contributed by atoms with van der Waals surface area (Å²) in [7, 11) is 0. The molecule has 2 aromatic rings. The van der Waals surface area contributed by atoms with Gasteiger partial charge in [0, 0.05) is 11.3 Å². The monoisotopic (exact) mass is 297 g/mol. The third-order valence-corrected chi connectivity index (χ3v) is 3.83. The van der Waals surface area contributed by atoms with Gasteiger partial charge in [-0.2, -0.15) is 0 Å². The molecule has 0 saturated carbocycles. The number of hydrogen-bond donors (Lipinski definition) is 2. The van der Waals surface area contributed by atoms with Gasteiger partial charge in [0.25, 0.3) is 5.91 Å². The molecule has 3 rings (SSSR count). The number of fused-ring (bicyclic) bond motifs is 1. The highest BCUT2D eigenvalue weighted by Gasteiger charge is 2.14. The summed E-state index contributed by atoms with van der Waals surface area (Å²) in [4.78, 5) is 12.3. The van der Waals surface area contributed by atoms with E-state index in [-0.39, 0.29) is 19.1 Å². The van der Waals surface area contributed by atoms with Gasteiger partial charge in [0.05, 0.1) is 6.61 Å². The summed E-state index contributed by atoms with van der Waals surface area (Å²) in [6.07, 6.45) is 3.36. The molecule has 2 aromatic carbocycles. The normalized spacial score (nSPS) is 12.8. The van der Waals surface area contributed by atoms with Crippen LogP contribution < -0.4 is 10.1 Å². The summed E-state index contributed by atoms with van der Waals surface area (Å²) in [5.41, 5.74) is 4.07. The Kier molecular flexibility index (Phi) is 4.39. The van der Waals surface area contributed by atoms with Crippen LogP contribution >= 0.6 is 0 Å². The third kappa shape index (κ3) is 3.28. The standard InChI is InChI=1S/C18H19NO3/c20-10-11-22-17-8-6-16(7-9-17)19-18(21)15-5-4-13-2-1-3-14(13)12-15/h4-9,12,20H,1-3,10-11H2,(H,19,21). The maximum absolute atomic E-state index is 12.3. The van der Waals surface area contributed by atoms with Crippen molar-refractivity contribution in [1.29, 1.82) is 0 Å². The van der Waals surface area contributed by atoms with Crippen molar-refractivity contribution in [3.05, 3.63) is 59.2 Å². The minimum atomic E-state index is -0.0984. The predicted molar refractivity (Wildman–Crippen MR) is 85.4 cm³/mol. The first kappa shape index (κ1) is 14.6. The Morgan fingerprint density at radius 2 is 1.86 bits per heavy atom. The van der Waals surface area contributed by atoms with Crippen molar-refractivity contribution in [3.8, 4) is 5.75 Å². The zero-order valence-electron chi connectivity index (χ0n) is 12.3. The third-order valence-electron chi connectivity index (χ3n) is 3.83. The van der Waals surface area contributed by atoms with Gasteiger partial charge in [0.2, 0.25) is 0 Å². The van der Waals surface area contributed by atoms with E-state index in [1.54, 1.807) is 24.3 Å². The van der Waals surface area contributed by atoms with Gasteiger partial charge >= 0.3 is 0 Å². The van der Waals surface area contributed by atoms with Gasteiger partial charge < -0.3 is 15.2 Å². The van der Waals surface area contributed by atoms with Crippen molar-refractivity contribution in [1.82, 2.24) is 0 Å². The molecule has 0 saturated heterocycles. The van der Waals surface area contributed by atoms with Crippen LogP contribution in [0.3, 0.4) is 0 Å². The Hall–Kier alpha value is -2.33. The highest BCUT2D eigenvalue weighted by atomic mass is 16.5. The second kappa shape index (κ2) is 6.62. The molecule has 22 heavy (non-hydrogen) atoms. The quantitative estimate of drug-likeness (QED) is 0.892. The molecule has 0 aromatic heterocycles. The molecule has 4 heteroatoms. The maximum Gasteiger partial charge on any atom is 0.255 e. The van der Waals surface area contributed by atoms with E-state index >= 15 is 0 Å². The van der Waals surface area contributed by atoms with Gasteiger partial charge in [-0.1, -0.05) is 6.07 Å². The summed E-state index contributed by atoms with van der Waals surface area (Å²) in [6.45, 7) is 0.248. The van der Waals surface area contributed by atoms with E-state index < -0.39 is 0 Å². The zero-order valence-corrected chi connectivity index (χ0v) is 12.3. The van der Waals surface area contributed by atoms with Crippen molar-refractivity contribution in [3.63, 3.8) is 0 Å². The fourth-order valence-electron chi connectivity index (χ4n) is 2.71. The first-order valence-corrected chi connectivity index (χ1v) is 7.53. The van der Waals surface area contributed by atoms with E-state index in [9.17, 15) is 4.79 Å². The van der Waals surface area contributed by atoms with Gasteiger partial charge in [0.1, 0.15) is 12.4 Å². The Balaban J connectivity index is 1.66. The van der Waals surface area contributed by atoms with Crippen LogP contribution in [0.5, 0.6) is 5.75 Å². The largest absolute Gasteiger partial charge is 0.491 e. The summed E-state index contributed by atoms with van der Waals surface area (Å²) in [5, 5.41) is 11.6. The van der Waals surface area contributed by atoms with Gasteiger partial charge in [-0.15, -0.1) is 0 Å². The molecule has 0 fully saturated rings. The fourth-order valence-corrected chi connectivity index (χ4v) is 2.71. The molecule has 4 nitrogen and oxygen atoms in total. The van der Waals surface area contributed by atoms with Crippen LogP contribution in [0, 0.1) is 0 Å². The Bertz CT molecular complexity index is 665. The number of hydrogen-bond acceptors (Lipinski definition) is 3. The van der Waals surface area contributed by atoms with Crippen molar-refractivity contribution in [2.24, 2.45) is 0 Å². The van der Waals surface area contributed by atoms with E-state index in [4.69, 9.17) is 9.84 Å². The maximum atomic E-state index is 12.3. The predicted octanol–water partition coefficient (Wildman–Crippen LogP) is 2.80. The molecule has 0 aliphatic heterocycles. The number of amides is 1. The first-order valence-electron chi connectivity index (χ1n) is 7.53. The lowest BCUT2D eigenvalue weighted by molar-refractivity contribution is 0.102. The van der Waals surface area contributed by atoms with E-state index in [0.717, 1.165) is 18.5 Å². The van der Waals surface area contributed by atoms with E-state index in [1.165, 1.54) is 17.5 Å². The number of aliphatic hydroxyl groups excluding tert-OH is 1. The van der Waals surface area contributed by atoms with Crippen molar-refractivity contribution < 1.29 is 14.6 Å². The SMILES string of the molecule is O=C(Nc1ccc(OCCO)cc1)c1ccc2c(c1)CCC2. The average molecular weight is 297 g/mol. The number of anilines is 1. The number of carbonyl (C=O) groups is 1. The highest BCUT2D eigenvalue weighted by molar-refractivity contribution is 6.04. The molecule has 0 spiro atoms. The van der Waals surface area contributed by atoms with Crippen LogP contribution in [0.15, 0.2) is 42.5 Å². The lowest BCUT2D eigenvalue weighted by atomic mass is 10.1. The summed E-state index contributed by atoms with van der Waals surface area (Å²) >= 11 is 0. The van der Waals surface area contributed by atoms with Crippen molar-refractivity contribution in [2.75, 3.05) is 18.5 Å². The van der Waals surface area contributed by atoms with Gasteiger partial charge in [-0.05, 0) is 66.8 Å². The lowest BCUT2D eigenvalue weighted by Gasteiger charge is -2.08. The number of nitrogens with one attached hydrogen (secondary N) is 1. The van der Waals surface area contributed by atoms with Crippen molar-refractivity contribution >= 4 is 11.6 Å². The summed E-state index contributed by atoms with van der Waals surface area (Å²) in [6, 6.07) is 13.1. The number of benzene rings is 2. The molecule has 0 radical (unpaired) electrons. The Morgan fingerprint density at radius 3 is 2.64 bits per heavy atom. The molecule has 114 valence electrons. The summed E-state index contributed by atoms with van der Waals surface area (Å²) < 4.78 is 5.29. The second-order valence-corrected chi connectivity index (χ2v) is 5.39. The number of rotatable bonds is 5. The van der Waals surface area contributed by atoms with Crippen LogP contribution in [0.1, 0.15) is 27.9 Å². The van der Waals surface area contributed by atoms with Crippen LogP contribution in [0.4, 0.5) is 5.69 Å². The van der Waals surface area contributed by atoms with E-state index in [2.05, 4.69) is 11.4 Å². The van der Waals surface area contributed by atoms with Crippen LogP contribution in [0.25, 0.3) is 0 Å². The van der Waals surface area contributed by atoms with Crippen LogP contribution in [-0.4, -0.2) is 24.2 Å². The molecule has 0 heterocycles. The van der Waals surface area contributed by atoms with Gasteiger partial charge in [-0.25, -0.2) is 0 Å². The molecule has 0 atom stereocenters. The van der Waals surface area contributed by atoms with E-state index in [1.807, 2.05) is 12.1 Å². The van der Waals surface area contributed by atoms with Crippen molar-refractivity contribution in [2.45, 2.75) is 19.3 Å². The Morgan fingerprint density at radius 1 is 1.09 bits per heavy atom. The highest BCUT2D eigenvalue weighted by Crippen LogP contribution is 2.23. The van der Waals surface area contributed by atoms with Crippen LogP contribution in [-0.2, 0) is 12.8 Å². The number of aliphatic hydroxyl groups is 1. The smallest absolute Gasteiger partial charge is 0.255 e. The fraction of sp³-hybridized carbons (Fsp3) is 0.278. The molecular formula is C18H19NO3. The molecule has 0 bridgehead atoms. The average Bonchev–Trinajstić information content (AvgIpc) is 3.01. The first-order chi connectivity index (χ1) is 10.8. The summed E-state index contributed by atoms with van der Waals surface area (Å²) in [5.74, 6) is 0.573. The minimum Gasteiger partial charge on any atom is -0.491 e. The zero-order chi connectivity index (χ0) is 15.4. The minimum absolute atomic E-state index is 0.0170.